The Hall–Kier alpha value is 0.250. The second-order valence-electron chi connectivity index (χ2n) is 3.17. The summed E-state index contributed by atoms with van der Waals surface area (Å²) in [5, 5.41) is 0. The first-order chi connectivity index (χ1) is 5.18. The highest BCUT2D eigenvalue weighted by molar-refractivity contribution is 6.19. The van der Waals surface area contributed by atoms with Crippen LogP contribution in [-0.4, -0.2) is 12.2 Å². The summed E-state index contributed by atoms with van der Waals surface area (Å²) in [6, 6.07) is 0. The molecule has 1 unspecified atom stereocenters. The van der Waals surface area contributed by atoms with Crippen LogP contribution in [0.1, 0.15) is 40.0 Å². The zero-order valence-corrected chi connectivity index (χ0v) is 8.53. The van der Waals surface area contributed by atoms with Gasteiger partial charge in [0, 0.05) is 6.61 Å². The third kappa shape index (κ3) is 6.64. The highest BCUT2D eigenvalue weighted by atomic mass is 35.5. The molecule has 0 aliphatic rings. The molecule has 0 aromatic heterocycles. The van der Waals surface area contributed by atoms with Crippen LogP contribution in [0.2, 0.25) is 0 Å². The fourth-order valence-corrected chi connectivity index (χ4v) is 0.830. The van der Waals surface area contributed by atoms with Crippen molar-refractivity contribution in [2.24, 2.45) is 5.92 Å². The Kier molecular flexibility index (Phi) is 7.09. The van der Waals surface area contributed by atoms with E-state index in [1.807, 2.05) is 0 Å². The van der Waals surface area contributed by atoms with Crippen molar-refractivity contribution < 1.29 is 4.74 Å². The molecule has 1 nitrogen and oxygen atoms in total. The lowest BCUT2D eigenvalue weighted by atomic mass is 10.2. The van der Waals surface area contributed by atoms with E-state index < -0.39 is 0 Å². The average molecular weight is 179 g/mol. The van der Waals surface area contributed by atoms with Gasteiger partial charge in [-0.25, -0.2) is 0 Å². The van der Waals surface area contributed by atoms with Gasteiger partial charge in [-0.15, -0.1) is 0 Å². The second kappa shape index (κ2) is 6.93. The first-order valence-electron chi connectivity index (χ1n) is 4.44. The topological polar surface area (TPSA) is 9.23 Å². The molecule has 0 rings (SSSR count). The monoisotopic (exact) mass is 178 g/mol. The van der Waals surface area contributed by atoms with Crippen LogP contribution in [0.4, 0.5) is 0 Å². The first-order valence-corrected chi connectivity index (χ1v) is 4.87. The summed E-state index contributed by atoms with van der Waals surface area (Å²) in [4.78, 5) is 0. The highest BCUT2D eigenvalue weighted by Gasteiger charge is 2.08. The van der Waals surface area contributed by atoms with Gasteiger partial charge in [0.25, 0.3) is 0 Å². The molecule has 0 amide bonds. The largest absolute Gasteiger partial charge is 0.362 e. The van der Waals surface area contributed by atoms with Gasteiger partial charge in [-0.3, -0.25) is 0 Å². The van der Waals surface area contributed by atoms with E-state index in [0.29, 0.717) is 5.92 Å². The predicted octanol–water partition coefficient (Wildman–Crippen LogP) is 3.41. The van der Waals surface area contributed by atoms with Crippen molar-refractivity contribution in [2.75, 3.05) is 6.61 Å². The molecular weight excluding hydrogens is 160 g/mol. The van der Waals surface area contributed by atoms with Crippen LogP contribution in [0, 0.1) is 5.92 Å². The summed E-state index contributed by atoms with van der Waals surface area (Å²) in [5.41, 5.74) is -0.105. The number of rotatable bonds is 6. The molecule has 0 radical (unpaired) electrons. The van der Waals surface area contributed by atoms with Crippen molar-refractivity contribution in [1.29, 1.82) is 0 Å². The Morgan fingerprint density at radius 3 is 2.36 bits per heavy atom. The predicted molar refractivity (Wildman–Crippen MR) is 50.0 cm³/mol. The average Bonchev–Trinajstić information content (AvgIpc) is 1.97. The highest BCUT2D eigenvalue weighted by Crippen LogP contribution is 2.11. The molecule has 0 fully saturated rings. The smallest absolute Gasteiger partial charge is 0.133 e. The van der Waals surface area contributed by atoms with Crippen LogP contribution in [0.5, 0.6) is 0 Å². The van der Waals surface area contributed by atoms with Crippen LogP contribution in [0.15, 0.2) is 0 Å². The molecular formula is C9H19ClO. The molecule has 0 N–H and O–H groups in total. The van der Waals surface area contributed by atoms with E-state index in [2.05, 4.69) is 20.8 Å². The van der Waals surface area contributed by atoms with Gasteiger partial charge in [0.1, 0.15) is 5.56 Å². The van der Waals surface area contributed by atoms with Gasteiger partial charge in [-0.1, -0.05) is 45.2 Å². The molecule has 0 aromatic carbocycles. The van der Waals surface area contributed by atoms with E-state index in [1.165, 1.54) is 12.8 Å². The van der Waals surface area contributed by atoms with Crippen molar-refractivity contribution in [2.45, 2.75) is 45.6 Å². The normalized spacial score (nSPS) is 13.9. The number of unbranched alkanes of at least 4 members (excludes halogenated alkanes) is 2. The van der Waals surface area contributed by atoms with Crippen LogP contribution in [0.3, 0.4) is 0 Å². The standard InChI is InChI=1S/C9H19ClO/c1-4-5-6-7-11-9(10)8(2)3/h8-9H,4-7H2,1-3H3. The number of alkyl halides is 1. The van der Waals surface area contributed by atoms with E-state index in [-0.39, 0.29) is 5.56 Å². The van der Waals surface area contributed by atoms with E-state index in [0.717, 1.165) is 13.0 Å². The van der Waals surface area contributed by atoms with Crippen LogP contribution in [-0.2, 0) is 4.74 Å². The maximum Gasteiger partial charge on any atom is 0.133 e. The summed E-state index contributed by atoms with van der Waals surface area (Å²) in [6.07, 6.45) is 3.60. The Balaban J connectivity index is 3.10. The third-order valence-corrected chi connectivity index (χ3v) is 2.18. The number of ether oxygens (including phenoxy) is 1. The molecule has 0 bridgehead atoms. The Bertz CT molecular complexity index is 83.6. The van der Waals surface area contributed by atoms with Crippen LogP contribution in [0.25, 0.3) is 0 Å². The molecule has 0 saturated heterocycles. The van der Waals surface area contributed by atoms with E-state index in [1.54, 1.807) is 0 Å². The quantitative estimate of drug-likeness (QED) is 0.448. The molecule has 11 heavy (non-hydrogen) atoms. The minimum atomic E-state index is -0.105. The van der Waals surface area contributed by atoms with Gasteiger partial charge in [0.05, 0.1) is 0 Å². The molecule has 0 spiro atoms. The molecule has 1 atom stereocenters. The fourth-order valence-electron chi connectivity index (χ4n) is 0.740. The number of halogens is 1. The zero-order chi connectivity index (χ0) is 8.69. The van der Waals surface area contributed by atoms with E-state index in [9.17, 15) is 0 Å². The summed E-state index contributed by atoms with van der Waals surface area (Å²) < 4.78 is 5.37. The molecule has 0 heterocycles. The summed E-state index contributed by atoms with van der Waals surface area (Å²) >= 11 is 5.87. The van der Waals surface area contributed by atoms with Gasteiger partial charge in [0.15, 0.2) is 0 Å². The first kappa shape index (κ1) is 11.2. The van der Waals surface area contributed by atoms with Gasteiger partial charge in [0.2, 0.25) is 0 Å². The molecule has 0 aromatic rings. The molecule has 2 heteroatoms. The summed E-state index contributed by atoms with van der Waals surface area (Å²) in [5.74, 6) is 0.415. The van der Waals surface area contributed by atoms with Gasteiger partial charge in [-0.05, 0) is 12.3 Å². The van der Waals surface area contributed by atoms with Crippen molar-refractivity contribution >= 4 is 11.6 Å². The lowest BCUT2D eigenvalue weighted by Crippen LogP contribution is -2.13. The second-order valence-corrected chi connectivity index (χ2v) is 3.60. The summed E-state index contributed by atoms with van der Waals surface area (Å²) in [7, 11) is 0. The minimum Gasteiger partial charge on any atom is -0.362 e. The molecule has 0 aliphatic heterocycles. The molecule has 68 valence electrons. The lowest BCUT2D eigenvalue weighted by Gasteiger charge is -2.13. The molecule has 0 saturated carbocycles. The third-order valence-electron chi connectivity index (χ3n) is 1.55. The van der Waals surface area contributed by atoms with E-state index >= 15 is 0 Å². The van der Waals surface area contributed by atoms with Gasteiger partial charge >= 0.3 is 0 Å². The SMILES string of the molecule is CCCCCOC(Cl)C(C)C. The van der Waals surface area contributed by atoms with Crippen molar-refractivity contribution in [3.8, 4) is 0 Å². The zero-order valence-electron chi connectivity index (χ0n) is 7.77. The number of hydrogen-bond donors (Lipinski definition) is 0. The van der Waals surface area contributed by atoms with E-state index in [4.69, 9.17) is 16.3 Å². The van der Waals surface area contributed by atoms with Gasteiger partial charge in [-0.2, -0.15) is 0 Å². The lowest BCUT2D eigenvalue weighted by molar-refractivity contribution is 0.0756. The maximum absolute atomic E-state index is 5.87. The van der Waals surface area contributed by atoms with Crippen LogP contribution < -0.4 is 0 Å². The van der Waals surface area contributed by atoms with Crippen LogP contribution >= 0.6 is 11.6 Å². The number of hydrogen-bond acceptors (Lipinski definition) is 1. The maximum atomic E-state index is 5.87. The van der Waals surface area contributed by atoms with Crippen molar-refractivity contribution in [3.05, 3.63) is 0 Å². The Morgan fingerprint density at radius 2 is 1.91 bits per heavy atom. The van der Waals surface area contributed by atoms with Crippen molar-refractivity contribution in [1.82, 2.24) is 0 Å². The van der Waals surface area contributed by atoms with Gasteiger partial charge < -0.3 is 4.74 Å². The minimum absolute atomic E-state index is 0.105. The summed E-state index contributed by atoms with van der Waals surface area (Å²) in [6.45, 7) is 7.12. The van der Waals surface area contributed by atoms with Crippen molar-refractivity contribution in [3.63, 3.8) is 0 Å². The Labute approximate surface area is 75.1 Å². The Morgan fingerprint density at radius 1 is 1.27 bits per heavy atom. The fraction of sp³-hybridized carbons (Fsp3) is 1.00. The molecule has 0 aliphatic carbocycles.